The summed E-state index contributed by atoms with van der Waals surface area (Å²) in [4.78, 5) is 0. The Hall–Kier alpha value is -1.36. The summed E-state index contributed by atoms with van der Waals surface area (Å²) >= 11 is 0. The highest BCUT2D eigenvalue weighted by atomic mass is 19.1. The molecule has 0 bridgehead atoms. The van der Waals surface area contributed by atoms with Gasteiger partial charge in [-0.2, -0.15) is 5.26 Å². The van der Waals surface area contributed by atoms with Crippen molar-refractivity contribution >= 4 is 0 Å². The third kappa shape index (κ3) is 1.77. The van der Waals surface area contributed by atoms with Crippen molar-refractivity contribution in [1.82, 2.24) is 0 Å². The van der Waals surface area contributed by atoms with E-state index in [1.165, 1.54) is 6.07 Å². The van der Waals surface area contributed by atoms with Crippen LogP contribution in [0.15, 0.2) is 12.1 Å². The molecule has 0 aliphatic carbocycles. The Balaban J connectivity index is 3.38. The number of hydrogen-bond donors (Lipinski definition) is 0. The van der Waals surface area contributed by atoms with Crippen LogP contribution in [0.1, 0.15) is 30.5 Å². The average molecular weight is 191 g/mol. The molecule has 0 amide bonds. The third-order valence-corrected chi connectivity index (χ3v) is 2.54. The molecule has 0 heterocycles. The minimum atomic E-state index is -0.761. The number of nitriles is 1. The molecule has 0 saturated heterocycles. The van der Waals surface area contributed by atoms with Crippen molar-refractivity contribution in [3.63, 3.8) is 0 Å². The second-order valence-electron chi connectivity index (χ2n) is 4.15. The molecular weight excluding hydrogens is 177 g/mol. The fourth-order valence-electron chi connectivity index (χ4n) is 1.32. The fraction of sp³-hybridized carbons (Fsp3) is 0.417. The van der Waals surface area contributed by atoms with Crippen molar-refractivity contribution < 1.29 is 4.39 Å². The molecule has 0 aliphatic rings. The van der Waals surface area contributed by atoms with Gasteiger partial charge < -0.3 is 0 Å². The fourth-order valence-corrected chi connectivity index (χ4v) is 1.32. The first-order valence-corrected chi connectivity index (χ1v) is 4.57. The van der Waals surface area contributed by atoms with Gasteiger partial charge in [0.25, 0.3) is 0 Å². The van der Waals surface area contributed by atoms with Gasteiger partial charge in [0.1, 0.15) is 5.82 Å². The van der Waals surface area contributed by atoms with Crippen LogP contribution in [-0.4, -0.2) is 0 Å². The number of nitrogens with zero attached hydrogens (tertiary/aromatic N) is 1. The second kappa shape index (κ2) is 3.42. The molecule has 0 spiro atoms. The lowest BCUT2D eigenvalue weighted by molar-refractivity contribution is 0.563. The monoisotopic (exact) mass is 191 g/mol. The van der Waals surface area contributed by atoms with Crippen LogP contribution in [0.4, 0.5) is 4.39 Å². The van der Waals surface area contributed by atoms with E-state index in [0.29, 0.717) is 5.56 Å². The molecule has 0 aromatic heterocycles. The molecule has 0 atom stereocenters. The molecular formula is C12H14FN. The minimum absolute atomic E-state index is 0.292. The van der Waals surface area contributed by atoms with Crippen molar-refractivity contribution in [2.75, 3.05) is 0 Å². The van der Waals surface area contributed by atoms with Crippen molar-refractivity contribution in [2.24, 2.45) is 0 Å². The number of aryl methyl sites for hydroxylation is 2. The van der Waals surface area contributed by atoms with Crippen LogP contribution in [0.2, 0.25) is 0 Å². The number of halogens is 1. The Morgan fingerprint density at radius 1 is 1.21 bits per heavy atom. The molecule has 2 heteroatoms. The van der Waals surface area contributed by atoms with Gasteiger partial charge in [-0.15, -0.1) is 0 Å². The molecule has 74 valence electrons. The van der Waals surface area contributed by atoms with Crippen molar-refractivity contribution in [2.45, 2.75) is 33.1 Å². The summed E-state index contributed by atoms with van der Waals surface area (Å²) in [7, 11) is 0. The van der Waals surface area contributed by atoms with E-state index in [1.54, 1.807) is 19.9 Å². The van der Waals surface area contributed by atoms with Crippen LogP contribution in [-0.2, 0) is 5.41 Å². The molecule has 0 fully saturated rings. The molecule has 14 heavy (non-hydrogen) atoms. The first-order valence-electron chi connectivity index (χ1n) is 4.57. The quantitative estimate of drug-likeness (QED) is 0.668. The maximum absolute atomic E-state index is 13.6. The summed E-state index contributed by atoms with van der Waals surface area (Å²) in [5.41, 5.74) is 1.65. The lowest BCUT2D eigenvalue weighted by Gasteiger charge is -2.18. The van der Waals surface area contributed by atoms with Gasteiger partial charge >= 0.3 is 0 Å². The summed E-state index contributed by atoms with van der Waals surface area (Å²) in [5.74, 6) is -0.292. The largest absolute Gasteiger partial charge is 0.207 e. The Kier molecular flexibility index (Phi) is 2.62. The van der Waals surface area contributed by atoms with Gasteiger partial charge in [-0.1, -0.05) is 6.07 Å². The van der Waals surface area contributed by atoms with Gasteiger partial charge in [0, 0.05) is 5.56 Å². The number of benzene rings is 1. The molecule has 0 radical (unpaired) electrons. The lowest BCUT2D eigenvalue weighted by Crippen LogP contribution is -2.16. The zero-order valence-electron chi connectivity index (χ0n) is 8.98. The van der Waals surface area contributed by atoms with E-state index in [0.717, 1.165) is 11.1 Å². The van der Waals surface area contributed by atoms with Crippen molar-refractivity contribution in [3.05, 3.63) is 34.6 Å². The Bertz CT molecular complexity index is 400. The smallest absolute Gasteiger partial charge is 0.128 e. The van der Waals surface area contributed by atoms with Gasteiger partial charge in [-0.3, -0.25) is 0 Å². The van der Waals surface area contributed by atoms with Crippen LogP contribution in [0.25, 0.3) is 0 Å². The van der Waals surface area contributed by atoms with E-state index in [1.807, 2.05) is 13.8 Å². The van der Waals surface area contributed by atoms with E-state index in [9.17, 15) is 4.39 Å². The van der Waals surface area contributed by atoms with E-state index >= 15 is 0 Å². The molecule has 0 N–H and O–H groups in total. The minimum Gasteiger partial charge on any atom is -0.207 e. The normalized spacial score (nSPS) is 11.1. The molecule has 1 aromatic rings. The summed E-state index contributed by atoms with van der Waals surface area (Å²) < 4.78 is 13.6. The number of hydrogen-bond acceptors (Lipinski definition) is 1. The van der Waals surface area contributed by atoms with Crippen LogP contribution in [0, 0.1) is 31.0 Å². The topological polar surface area (TPSA) is 23.8 Å². The van der Waals surface area contributed by atoms with Crippen molar-refractivity contribution in [3.8, 4) is 6.07 Å². The van der Waals surface area contributed by atoms with Gasteiger partial charge in [-0.25, -0.2) is 4.39 Å². The SMILES string of the molecule is Cc1cc(F)c(C(C)(C)C#N)cc1C. The zero-order valence-corrected chi connectivity index (χ0v) is 8.98. The maximum Gasteiger partial charge on any atom is 0.128 e. The molecule has 1 rings (SSSR count). The second-order valence-corrected chi connectivity index (χ2v) is 4.15. The Morgan fingerprint density at radius 2 is 1.71 bits per heavy atom. The van der Waals surface area contributed by atoms with Crippen LogP contribution in [0.5, 0.6) is 0 Å². The predicted molar refractivity (Wildman–Crippen MR) is 54.5 cm³/mol. The van der Waals surface area contributed by atoms with Crippen LogP contribution < -0.4 is 0 Å². The molecule has 1 nitrogen and oxygen atoms in total. The molecule has 0 saturated carbocycles. The van der Waals surface area contributed by atoms with Crippen LogP contribution >= 0.6 is 0 Å². The predicted octanol–water partition coefficient (Wildman–Crippen LogP) is 3.24. The summed E-state index contributed by atoms with van der Waals surface area (Å²) in [6.45, 7) is 7.23. The number of rotatable bonds is 1. The first-order chi connectivity index (χ1) is 6.38. The average Bonchev–Trinajstić information content (AvgIpc) is 2.11. The molecule has 1 aromatic carbocycles. The highest BCUT2D eigenvalue weighted by molar-refractivity contribution is 5.38. The maximum atomic E-state index is 13.6. The molecule has 0 aliphatic heterocycles. The van der Waals surface area contributed by atoms with E-state index in [2.05, 4.69) is 6.07 Å². The third-order valence-electron chi connectivity index (χ3n) is 2.54. The van der Waals surface area contributed by atoms with E-state index in [-0.39, 0.29) is 5.82 Å². The van der Waals surface area contributed by atoms with Gasteiger partial charge in [0.15, 0.2) is 0 Å². The van der Waals surface area contributed by atoms with Crippen molar-refractivity contribution in [1.29, 1.82) is 5.26 Å². The highest BCUT2D eigenvalue weighted by Crippen LogP contribution is 2.27. The Labute approximate surface area is 84.2 Å². The highest BCUT2D eigenvalue weighted by Gasteiger charge is 2.24. The summed E-state index contributed by atoms with van der Waals surface area (Å²) in [5, 5.41) is 8.92. The van der Waals surface area contributed by atoms with Gasteiger partial charge in [0.05, 0.1) is 11.5 Å². The standard InChI is InChI=1S/C12H14FN/c1-8-5-10(12(3,4)7-14)11(13)6-9(8)2/h5-6H,1-4H3. The Morgan fingerprint density at radius 3 is 2.21 bits per heavy atom. The van der Waals surface area contributed by atoms with E-state index < -0.39 is 5.41 Å². The lowest BCUT2D eigenvalue weighted by atomic mass is 9.84. The summed E-state index contributed by atoms with van der Waals surface area (Å²) in [6.07, 6.45) is 0. The first kappa shape index (κ1) is 10.7. The summed E-state index contributed by atoms with van der Waals surface area (Å²) in [6, 6.07) is 5.35. The molecule has 0 unspecified atom stereocenters. The van der Waals surface area contributed by atoms with E-state index in [4.69, 9.17) is 5.26 Å². The van der Waals surface area contributed by atoms with Gasteiger partial charge in [-0.05, 0) is 44.9 Å². The van der Waals surface area contributed by atoms with Crippen LogP contribution in [0.3, 0.4) is 0 Å². The van der Waals surface area contributed by atoms with Gasteiger partial charge in [0.2, 0.25) is 0 Å². The zero-order chi connectivity index (χ0) is 10.9.